The summed E-state index contributed by atoms with van der Waals surface area (Å²) in [5.41, 5.74) is 0. The van der Waals surface area contributed by atoms with Crippen LogP contribution in [0.4, 0.5) is 0 Å². The van der Waals surface area contributed by atoms with Crippen LogP contribution in [-0.2, 0) is 0 Å². The average molecular weight is 139 g/mol. The summed E-state index contributed by atoms with van der Waals surface area (Å²) in [6.45, 7) is -0.0174. The van der Waals surface area contributed by atoms with E-state index in [1.807, 2.05) is 0 Å². The Morgan fingerprint density at radius 2 is 2.00 bits per heavy atom. The molecule has 2 nitrogen and oxygen atoms in total. The number of rotatable bonds is 1. The number of hydrogen-bond donors (Lipinski definition) is 1. The molecule has 2 unspecified atom stereocenters. The Kier molecular flexibility index (Phi) is 2.70. The van der Waals surface area contributed by atoms with Gasteiger partial charge < -0.3 is 5.11 Å². The van der Waals surface area contributed by atoms with Gasteiger partial charge in [-0.15, -0.1) is 0 Å². The van der Waals surface area contributed by atoms with Gasteiger partial charge in [0.15, 0.2) is 0 Å². The lowest BCUT2D eigenvalue weighted by atomic mass is 10.0. The molecule has 2 fully saturated rings. The van der Waals surface area contributed by atoms with E-state index in [1.165, 1.54) is 11.8 Å². The molecule has 0 aromatic heterocycles. The third-order valence-electron chi connectivity index (χ3n) is 2.20. The Balaban J connectivity index is 0.0000001000. The fourth-order valence-electron chi connectivity index (χ4n) is 1.23. The van der Waals surface area contributed by atoms with Gasteiger partial charge in [0.2, 0.25) is 0 Å². The van der Waals surface area contributed by atoms with Gasteiger partial charge in [-0.2, -0.15) is 5.26 Å². The Bertz CT molecular complexity index is 127. The number of aliphatic hydroxyl groups is 1. The van der Waals surface area contributed by atoms with Crippen LogP contribution in [0.2, 0.25) is 0 Å². The summed E-state index contributed by atoms with van der Waals surface area (Å²) < 4.78 is 0. The summed E-state index contributed by atoms with van der Waals surface area (Å²) in [5.74, 6) is 2.46. The number of fused-ring (bicyclic) bond motifs is 1. The normalized spacial score (nSPS) is 32.0. The Morgan fingerprint density at radius 1 is 1.40 bits per heavy atom. The Labute approximate surface area is 61.5 Å². The van der Waals surface area contributed by atoms with Crippen LogP contribution in [0.1, 0.15) is 25.7 Å². The molecule has 2 aliphatic carbocycles. The van der Waals surface area contributed by atoms with E-state index in [-0.39, 0.29) is 13.0 Å². The topological polar surface area (TPSA) is 44.0 Å². The van der Waals surface area contributed by atoms with E-state index in [4.69, 9.17) is 10.4 Å². The molecule has 2 atom stereocenters. The summed E-state index contributed by atoms with van der Waals surface area (Å²) in [4.78, 5) is 0. The van der Waals surface area contributed by atoms with Gasteiger partial charge in [0.25, 0.3) is 0 Å². The van der Waals surface area contributed by atoms with Crippen molar-refractivity contribution in [3.63, 3.8) is 0 Å². The second-order valence-corrected chi connectivity index (χ2v) is 2.96. The number of hydrogen-bond acceptors (Lipinski definition) is 2. The van der Waals surface area contributed by atoms with E-state index in [2.05, 4.69) is 0 Å². The van der Waals surface area contributed by atoms with E-state index in [0.717, 1.165) is 0 Å². The number of nitrogens with zero attached hydrogens (tertiary/aromatic N) is 1. The maximum absolute atomic E-state index is 7.84. The van der Waals surface area contributed by atoms with Crippen molar-refractivity contribution in [3.8, 4) is 6.07 Å². The fraction of sp³-hybridized carbons (Fsp3) is 0.875. The van der Waals surface area contributed by atoms with Crippen LogP contribution in [0, 0.1) is 23.2 Å². The lowest BCUT2D eigenvalue weighted by molar-refractivity contribution is 0.304. The molecule has 0 bridgehead atoms. The molecule has 0 amide bonds. The standard InChI is InChI=1S/C5H8.C3H5NO/c1-2-5-3-4(1)5;4-2-1-3-5/h4-5H,1-3H2;5H,1,3H2. The van der Waals surface area contributed by atoms with Crippen molar-refractivity contribution < 1.29 is 5.11 Å². The van der Waals surface area contributed by atoms with Crippen molar-refractivity contribution in [2.24, 2.45) is 11.8 Å². The van der Waals surface area contributed by atoms with Crippen molar-refractivity contribution in [2.75, 3.05) is 6.61 Å². The lowest BCUT2D eigenvalue weighted by Crippen LogP contribution is -1.93. The second kappa shape index (κ2) is 3.58. The fourth-order valence-corrected chi connectivity index (χ4v) is 1.23. The summed E-state index contributed by atoms with van der Waals surface area (Å²) in [6.07, 6.45) is 4.95. The third kappa shape index (κ3) is 2.00. The molecule has 0 aliphatic heterocycles. The van der Waals surface area contributed by atoms with Crippen LogP contribution in [0.5, 0.6) is 0 Å². The smallest absolute Gasteiger partial charge is 0.0645 e. The van der Waals surface area contributed by atoms with Crippen molar-refractivity contribution >= 4 is 0 Å². The highest BCUT2D eigenvalue weighted by molar-refractivity contribution is 4.95. The molecule has 0 heterocycles. The van der Waals surface area contributed by atoms with E-state index < -0.39 is 0 Å². The first-order chi connectivity index (χ1) is 4.88. The van der Waals surface area contributed by atoms with Crippen LogP contribution < -0.4 is 0 Å². The molecule has 0 radical (unpaired) electrons. The molecule has 0 spiro atoms. The lowest BCUT2D eigenvalue weighted by Gasteiger charge is -2.04. The quantitative estimate of drug-likeness (QED) is 0.595. The first-order valence-electron chi connectivity index (χ1n) is 3.86. The minimum absolute atomic E-state index is 0.0174. The summed E-state index contributed by atoms with van der Waals surface area (Å²) in [7, 11) is 0. The van der Waals surface area contributed by atoms with Gasteiger partial charge in [0, 0.05) is 0 Å². The monoisotopic (exact) mass is 139 g/mol. The zero-order valence-corrected chi connectivity index (χ0v) is 6.08. The van der Waals surface area contributed by atoms with Crippen molar-refractivity contribution in [1.82, 2.24) is 0 Å². The number of aliphatic hydroxyl groups excluding tert-OH is 1. The second-order valence-electron chi connectivity index (χ2n) is 2.96. The van der Waals surface area contributed by atoms with Crippen LogP contribution in [0.15, 0.2) is 0 Å². The van der Waals surface area contributed by atoms with Gasteiger partial charge in [0.05, 0.1) is 19.1 Å². The van der Waals surface area contributed by atoms with Crippen molar-refractivity contribution in [3.05, 3.63) is 0 Å². The average Bonchev–Trinajstić information content (AvgIpc) is 2.43. The Hall–Kier alpha value is -0.550. The molecule has 0 saturated heterocycles. The predicted octanol–water partition coefficient (Wildman–Crippen LogP) is 1.31. The molecular weight excluding hydrogens is 126 g/mol. The molecule has 0 aromatic carbocycles. The summed E-state index contributed by atoms with van der Waals surface area (Å²) >= 11 is 0. The molecule has 2 aliphatic rings. The molecule has 10 heavy (non-hydrogen) atoms. The van der Waals surface area contributed by atoms with Crippen molar-refractivity contribution in [2.45, 2.75) is 25.7 Å². The van der Waals surface area contributed by atoms with Crippen LogP contribution in [-0.4, -0.2) is 11.7 Å². The predicted molar refractivity (Wildman–Crippen MR) is 38.1 cm³/mol. The first-order valence-corrected chi connectivity index (χ1v) is 3.86. The highest BCUT2D eigenvalue weighted by atomic mass is 16.2. The van der Waals surface area contributed by atoms with Crippen molar-refractivity contribution in [1.29, 1.82) is 5.26 Å². The summed E-state index contributed by atoms with van der Waals surface area (Å²) in [5, 5.41) is 15.5. The molecule has 0 aromatic rings. The molecule has 56 valence electrons. The van der Waals surface area contributed by atoms with Crippen LogP contribution >= 0.6 is 0 Å². The van der Waals surface area contributed by atoms with E-state index in [9.17, 15) is 0 Å². The highest BCUT2D eigenvalue weighted by Crippen LogP contribution is 2.55. The van der Waals surface area contributed by atoms with Gasteiger partial charge in [0.1, 0.15) is 0 Å². The minimum atomic E-state index is -0.0174. The molecule has 1 N–H and O–H groups in total. The Morgan fingerprint density at radius 3 is 2.00 bits per heavy atom. The van der Waals surface area contributed by atoms with E-state index >= 15 is 0 Å². The summed E-state index contributed by atoms with van der Waals surface area (Å²) in [6, 6.07) is 1.77. The van der Waals surface area contributed by atoms with Gasteiger partial charge in [-0.1, -0.05) is 0 Å². The van der Waals surface area contributed by atoms with Gasteiger partial charge in [-0.25, -0.2) is 0 Å². The maximum Gasteiger partial charge on any atom is 0.0645 e. The van der Waals surface area contributed by atoms with Gasteiger partial charge in [-0.3, -0.25) is 0 Å². The zero-order valence-electron chi connectivity index (χ0n) is 6.08. The van der Waals surface area contributed by atoms with E-state index in [0.29, 0.717) is 0 Å². The minimum Gasteiger partial charge on any atom is -0.395 e. The SMILES string of the molecule is C1CC2CC12.N#CCCO. The molecule has 2 saturated carbocycles. The molecular formula is C8H13NO. The first kappa shape index (κ1) is 7.56. The highest BCUT2D eigenvalue weighted by Gasteiger charge is 2.44. The zero-order chi connectivity index (χ0) is 7.40. The number of nitriles is 1. The van der Waals surface area contributed by atoms with Crippen LogP contribution in [0.3, 0.4) is 0 Å². The maximum atomic E-state index is 7.84. The molecule has 2 heteroatoms. The third-order valence-corrected chi connectivity index (χ3v) is 2.20. The molecule has 2 rings (SSSR count). The van der Waals surface area contributed by atoms with Gasteiger partial charge >= 0.3 is 0 Å². The van der Waals surface area contributed by atoms with Gasteiger partial charge in [-0.05, 0) is 31.1 Å². The van der Waals surface area contributed by atoms with E-state index in [1.54, 1.807) is 25.3 Å². The van der Waals surface area contributed by atoms with Crippen LogP contribution in [0.25, 0.3) is 0 Å². The largest absolute Gasteiger partial charge is 0.395 e.